The lowest BCUT2D eigenvalue weighted by molar-refractivity contribution is -0.117. The molecule has 0 aliphatic heterocycles. The van der Waals surface area contributed by atoms with E-state index in [0.717, 1.165) is 17.7 Å². The predicted molar refractivity (Wildman–Crippen MR) is 178 cm³/mol. The molecular weight excluding hydrogens is 543 g/mol. The third-order valence-corrected chi connectivity index (χ3v) is 5.44. The summed E-state index contributed by atoms with van der Waals surface area (Å²) in [7, 11) is 0. The molecule has 0 aliphatic rings. The Labute approximate surface area is 258 Å². The number of halogens is 1. The average Bonchev–Trinajstić information content (AvgIpc) is 3.46. The Morgan fingerprint density at radius 1 is 1.07 bits per heavy atom. The smallest absolute Gasteiger partial charge is 0.241 e. The number of nitrogens with zero attached hydrogens (tertiary/aromatic N) is 3. The van der Waals surface area contributed by atoms with Crippen LogP contribution in [0.4, 0.5) is 10.1 Å². The molecule has 0 fully saturated rings. The number of hydrogen-bond acceptors (Lipinski definition) is 5. The van der Waals surface area contributed by atoms with E-state index in [0.29, 0.717) is 36.8 Å². The second-order valence-electron chi connectivity index (χ2n) is 8.41. The van der Waals surface area contributed by atoms with Crippen LogP contribution in [-0.4, -0.2) is 33.7 Å². The molecule has 0 aliphatic carbocycles. The highest BCUT2D eigenvalue weighted by Crippen LogP contribution is 2.36. The van der Waals surface area contributed by atoms with Crippen molar-refractivity contribution in [3.8, 4) is 17.2 Å². The Hall–Kier alpha value is -4.17. The second-order valence-corrected chi connectivity index (χ2v) is 8.41. The molecule has 2 N–H and O–H groups in total. The van der Waals surface area contributed by atoms with Crippen molar-refractivity contribution in [2.45, 2.75) is 74.9 Å². The minimum absolute atomic E-state index is 0.0206. The number of hydrogen-bond donors (Lipinski definition) is 2. The van der Waals surface area contributed by atoms with Gasteiger partial charge in [0.2, 0.25) is 5.91 Å². The van der Waals surface area contributed by atoms with Crippen molar-refractivity contribution in [3.63, 3.8) is 0 Å². The number of benzene rings is 2. The number of imidazole rings is 1. The number of allylic oxidation sites excluding steroid dienone is 5. The van der Waals surface area contributed by atoms with E-state index in [-0.39, 0.29) is 24.0 Å². The van der Waals surface area contributed by atoms with Crippen molar-refractivity contribution in [1.82, 2.24) is 14.9 Å². The fourth-order valence-electron chi connectivity index (χ4n) is 3.81. The van der Waals surface area contributed by atoms with Gasteiger partial charge in [-0.1, -0.05) is 91.5 Å². The van der Waals surface area contributed by atoms with Gasteiger partial charge < -0.3 is 24.6 Å². The summed E-state index contributed by atoms with van der Waals surface area (Å²) in [5.74, 6) is 0.396. The first-order valence-electron chi connectivity index (χ1n) is 15.1. The molecule has 0 bridgehead atoms. The standard InChI is InChI=1S/C29H33FN4O3.3C2H6/c1-4-10-23(16-22(3)30)20-33-21-32-18-24(33)17-31-19-29(36)34(15-5-2)25-11-6-8-13-27(25)37-28-14-9-7-12-26(28)35;3*1-2/h4,6-14,16,18,21,31,35H,1,5,15,17,19-20H2,2-3H3;3*1-2H3/b22-16+,23-10+;;;. The molecule has 0 saturated heterocycles. The number of anilines is 1. The van der Waals surface area contributed by atoms with E-state index in [1.54, 1.807) is 59.9 Å². The summed E-state index contributed by atoms with van der Waals surface area (Å²) in [4.78, 5) is 19.2. The fraction of sp³-hybridized carbons (Fsp3) is 0.371. The van der Waals surface area contributed by atoms with Crippen LogP contribution in [0.25, 0.3) is 0 Å². The van der Waals surface area contributed by atoms with Gasteiger partial charge in [0, 0.05) is 25.8 Å². The molecule has 0 saturated carbocycles. The second kappa shape index (κ2) is 23.4. The first-order valence-corrected chi connectivity index (χ1v) is 15.1. The van der Waals surface area contributed by atoms with Crippen LogP contribution in [-0.2, 0) is 17.9 Å². The highest BCUT2D eigenvalue weighted by molar-refractivity contribution is 5.96. The molecular formula is C35H51FN4O3. The maximum atomic E-state index is 13.4. The van der Waals surface area contributed by atoms with Crippen molar-refractivity contribution in [2.75, 3.05) is 18.0 Å². The summed E-state index contributed by atoms with van der Waals surface area (Å²) in [6.07, 6.45) is 8.97. The summed E-state index contributed by atoms with van der Waals surface area (Å²) in [5, 5.41) is 13.3. The highest BCUT2D eigenvalue weighted by atomic mass is 19.1. The van der Waals surface area contributed by atoms with Gasteiger partial charge in [0.05, 0.1) is 30.1 Å². The first-order chi connectivity index (χ1) is 20.9. The van der Waals surface area contributed by atoms with Gasteiger partial charge in [0.25, 0.3) is 0 Å². The number of phenols is 1. The topological polar surface area (TPSA) is 79.6 Å². The number of aromatic hydroxyl groups is 1. The third kappa shape index (κ3) is 13.6. The van der Waals surface area contributed by atoms with E-state index in [1.807, 2.05) is 71.2 Å². The Bertz CT molecular complexity index is 1260. The molecule has 3 rings (SSSR count). The van der Waals surface area contributed by atoms with Crippen molar-refractivity contribution in [3.05, 3.63) is 103 Å². The number of aromatic nitrogens is 2. The molecule has 1 amide bonds. The minimum atomic E-state index is -0.291. The number of para-hydroxylation sites is 4. The van der Waals surface area contributed by atoms with Gasteiger partial charge in [-0.15, -0.1) is 0 Å². The normalized spacial score (nSPS) is 10.6. The molecule has 43 heavy (non-hydrogen) atoms. The zero-order chi connectivity index (χ0) is 32.6. The Morgan fingerprint density at radius 2 is 1.70 bits per heavy atom. The van der Waals surface area contributed by atoms with Crippen molar-refractivity contribution >= 4 is 11.6 Å². The number of phenolic OH excluding ortho intramolecular Hbond substituents is 1. The molecule has 7 nitrogen and oxygen atoms in total. The van der Waals surface area contributed by atoms with Crippen LogP contribution in [0.5, 0.6) is 17.2 Å². The molecule has 1 heterocycles. The molecule has 0 unspecified atom stereocenters. The van der Waals surface area contributed by atoms with Crippen LogP contribution in [0, 0.1) is 0 Å². The van der Waals surface area contributed by atoms with E-state index < -0.39 is 0 Å². The average molecular weight is 595 g/mol. The highest BCUT2D eigenvalue weighted by Gasteiger charge is 2.19. The summed E-state index contributed by atoms with van der Waals surface area (Å²) >= 11 is 0. The summed E-state index contributed by atoms with van der Waals surface area (Å²) in [6.45, 7) is 20.5. The molecule has 8 heteroatoms. The Morgan fingerprint density at radius 3 is 2.30 bits per heavy atom. The number of carbonyl (C=O) groups excluding carboxylic acids is 1. The third-order valence-electron chi connectivity index (χ3n) is 5.44. The predicted octanol–water partition coefficient (Wildman–Crippen LogP) is 8.98. The fourth-order valence-corrected chi connectivity index (χ4v) is 3.81. The van der Waals surface area contributed by atoms with Gasteiger partial charge in [-0.05, 0) is 49.3 Å². The first kappa shape index (κ1) is 38.8. The largest absolute Gasteiger partial charge is 0.504 e. The monoisotopic (exact) mass is 594 g/mol. The minimum Gasteiger partial charge on any atom is -0.504 e. The van der Waals surface area contributed by atoms with Gasteiger partial charge in [0.1, 0.15) is 0 Å². The molecule has 1 aromatic heterocycles. The number of amides is 1. The molecule has 0 atom stereocenters. The van der Waals surface area contributed by atoms with Gasteiger partial charge in [-0.2, -0.15) is 0 Å². The van der Waals surface area contributed by atoms with Crippen molar-refractivity contribution in [1.29, 1.82) is 0 Å². The van der Waals surface area contributed by atoms with E-state index in [2.05, 4.69) is 16.9 Å². The zero-order valence-corrected chi connectivity index (χ0v) is 27.2. The zero-order valence-electron chi connectivity index (χ0n) is 27.2. The number of ether oxygens (including phenoxy) is 1. The molecule has 236 valence electrons. The summed E-state index contributed by atoms with van der Waals surface area (Å²) in [5.41, 5.74) is 2.23. The molecule has 0 spiro atoms. The quantitative estimate of drug-likeness (QED) is 0.193. The maximum absolute atomic E-state index is 13.4. The molecule has 2 aromatic carbocycles. The summed E-state index contributed by atoms with van der Waals surface area (Å²) < 4.78 is 21.3. The van der Waals surface area contributed by atoms with Gasteiger partial charge in [0.15, 0.2) is 17.2 Å². The van der Waals surface area contributed by atoms with E-state index in [1.165, 1.54) is 13.0 Å². The van der Waals surface area contributed by atoms with Crippen LogP contribution < -0.4 is 15.0 Å². The lowest BCUT2D eigenvalue weighted by atomic mass is 10.2. The van der Waals surface area contributed by atoms with Crippen LogP contribution >= 0.6 is 0 Å². The van der Waals surface area contributed by atoms with Crippen molar-refractivity contribution in [2.24, 2.45) is 0 Å². The lowest BCUT2D eigenvalue weighted by Crippen LogP contribution is -2.39. The van der Waals surface area contributed by atoms with Crippen molar-refractivity contribution < 1.29 is 19.0 Å². The van der Waals surface area contributed by atoms with Crippen LogP contribution in [0.15, 0.2) is 97.3 Å². The number of rotatable bonds is 13. The molecule has 3 aromatic rings. The maximum Gasteiger partial charge on any atom is 0.241 e. The van der Waals surface area contributed by atoms with Crippen LogP contribution in [0.3, 0.4) is 0 Å². The van der Waals surface area contributed by atoms with Gasteiger partial charge in [-0.3, -0.25) is 4.79 Å². The number of nitrogens with one attached hydrogen (secondary N) is 1. The van der Waals surface area contributed by atoms with Gasteiger partial charge in [-0.25, -0.2) is 9.37 Å². The van der Waals surface area contributed by atoms with E-state index >= 15 is 0 Å². The lowest BCUT2D eigenvalue weighted by Gasteiger charge is -2.25. The van der Waals surface area contributed by atoms with E-state index in [9.17, 15) is 14.3 Å². The summed E-state index contributed by atoms with van der Waals surface area (Å²) in [6, 6.07) is 14.0. The van der Waals surface area contributed by atoms with Crippen LogP contribution in [0.1, 0.15) is 67.5 Å². The number of carbonyl (C=O) groups is 1. The Kier molecular flexibility index (Phi) is 21.1. The van der Waals surface area contributed by atoms with Crippen LogP contribution in [0.2, 0.25) is 0 Å². The molecule has 0 radical (unpaired) electrons. The Balaban J connectivity index is 0.00000276. The van der Waals surface area contributed by atoms with E-state index in [4.69, 9.17) is 4.74 Å². The SMILES string of the molecule is C=C/C=C(\C=C(/C)F)Cn1cncc1CNCC(=O)N(CCC)c1ccccc1Oc1ccccc1O.CC.CC.CC. The van der Waals surface area contributed by atoms with Gasteiger partial charge >= 0.3 is 0 Å².